The highest BCUT2D eigenvalue weighted by molar-refractivity contribution is 5.95. The van der Waals surface area contributed by atoms with Crippen molar-refractivity contribution < 1.29 is 4.79 Å². The molecule has 0 unspecified atom stereocenters. The molecule has 1 aromatic heterocycles. The Bertz CT molecular complexity index is 963. The van der Waals surface area contributed by atoms with E-state index in [2.05, 4.69) is 16.9 Å². The zero-order chi connectivity index (χ0) is 18.8. The maximum atomic E-state index is 13.0. The second kappa shape index (κ2) is 7.45. The molecule has 3 aromatic rings. The van der Waals surface area contributed by atoms with Gasteiger partial charge in [-0.15, -0.1) is 0 Å². The van der Waals surface area contributed by atoms with E-state index in [9.17, 15) is 4.79 Å². The highest BCUT2D eigenvalue weighted by Gasteiger charge is 2.24. The number of hydrogen-bond donors (Lipinski definition) is 0. The first-order valence-electron chi connectivity index (χ1n) is 9.40. The Hall–Kier alpha value is -2.79. The maximum absolute atomic E-state index is 13.0. The molecular formula is C22H24N4O. The topological polar surface area (TPSA) is 49.3 Å². The van der Waals surface area contributed by atoms with Crippen LogP contribution in [0.4, 0.5) is 0 Å². The number of amides is 1. The van der Waals surface area contributed by atoms with Crippen LogP contribution in [0.5, 0.6) is 0 Å². The van der Waals surface area contributed by atoms with Crippen LogP contribution in [0.15, 0.2) is 54.7 Å². The lowest BCUT2D eigenvalue weighted by Gasteiger charge is -2.35. The Kier molecular flexibility index (Phi) is 4.86. The standard InChI is InChI=1S/C22H24N4O/c1-25-12-10-18(11-13-25)26(2)22(27)17-7-5-6-16(14-17)21-15-23-19-8-3-4-9-20(19)24-21/h3-9,14-15,18H,10-13H2,1-2H3. The number of benzene rings is 2. The summed E-state index contributed by atoms with van der Waals surface area (Å²) in [7, 11) is 4.05. The zero-order valence-corrected chi connectivity index (χ0v) is 15.8. The Morgan fingerprint density at radius 2 is 1.81 bits per heavy atom. The van der Waals surface area contributed by atoms with Crippen LogP contribution >= 0.6 is 0 Å². The molecule has 0 atom stereocenters. The molecule has 4 rings (SSSR count). The predicted molar refractivity (Wildman–Crippen MR) is 108 cm³/mol. The summed E-state index contributed by atoms with van der Waals surface area (Å²) in [4.78, 5) is 26.4. The van der Waals surface area contributed by atoms with Gasteiger partial charge in [0, 0.05) is 24.2 Å². The number of nitrogens with zero attached hydrogens (tertiary/aromatic N) is 4. The van der Waals surface area contributed by atoms with Gasteiger partial charge in [-0.25, -0.2) is 4.98 Å². The SMILES string of the molecule is CN1CCC(N(C)C(=O)c2cccc(-c3cnc4ccccc4n3)c2)CC1. The summed E-state index contributed by atoms with van der Waals surface area (Å²) in [5.41, 5.74) is 4.12. The van der Waals surface area contributed by atoms with Crippen molar-refractivity contribution in [3.8, 4) is 11.3 Å². The van der Waals surface area contributed by atoms with E-state index in [-0.39, 0.29) is 5.91 Å². The fourth-order valence-corrected chi connectivity index (χ4v) is 3.66. The number of rotatable bonds is 3. The molecule has 27 heavy (non-hydrogen) atoms. The molecule has 138 valence electrons. The summed E-state index contributed by atoms with van der Waals surface area (Å²) in [6.45, 7) is 2.07. The van der Waals surface area contributed by atoms with Crippen molar-refractivity contribution in [2.75, 3.05) is 27.2 Å². The van der Waals surface area contributed by atoms with Gasteiger partial charge in [0.25, 0.3) is 5.91 Å². The van der Waals surface area contributed by atoms with E-state index in [1.54, 1.807) is 6.20 Å². The van der Waals surface area contributed by atoms with Gasteiger partial charge in [0.15, 0.2) is 0 Å². The molecule has 5 heteroatoms. The van der Waals surface area contributed by atoms with E-state index >= 15 is 0 Å². The first-order valence-corrected chi connectivity index (χ1v) is 9.40. The quantitative estimate of drug-likeness (QED) is 0.718. The van der Waals surface area contributed by atoms with Gasteiger partial charge in [0.1, 0.15) is 0 Å². The Morgan fingerprint density at radius 3 is 2.59 bits per heavy atom. The van der Waals surface area contributed by atoms with Crippen molar-refractivity contribution >= 4 is 16.9 Å². The minimum Gasteiger partial charge on any atom is -0.339 e. The van der Waals surface area contributed by atoms with E-state index in [1.807, 2.05) is 60.5 Å². The van der Waals surface area contributed by atoms with Gasteiger partial charge in [0.2, 0.25) is 0 Å². The Labute approximate surface area is 159 Å². The maximum Gasteiger partial charge on any atom is 0.253 e. The van der Waals surface area contributed by atoms with Gasteiger partial charge in [0.05, 0.1) is 22.9 Å². The van der Waals surface area contributed by atoms with E-state index in [0.29, 0.717) is 11.6 Å². The first-order chi connectivity index (χ1) is 13.1. The van der Waals surface area contributed by atoms with Crippen LogP contribution in [0, 0.1) is 0 Å². The minimum absolute atomic E-state index is 0.0696. The lowest BCUT2D eigenvalue weighted by atomic mass is 10.0. The van der Waals surface area contributed by atoms with E-state index in [4.69, 9.17) is 4.98 Å². The lowest BCUT2D eigenvalue weighted by molar-refractivity contribution is 0.0659. The van der Waals surface area contributed by atoms with Crippen LogP contribution in [-0.2, 0) is 0 Å². The number of fused-ring (bicyclic) bond motifs is 1. The number of para-hydroxylation sites is 2. The van der Waals surface area contributed by atoms with Crippen LogP contribution < -0.4 is 0 Å². The van der Waals surface area contributed by atoms with Crippen LogP contribution in [-0.4, -0.2) is 58.9 Å². The molecule has 0 aliphatic carbocycles. The van der Waals surface area contributed by atoms with Crippen LogP contribution in [0.3, 0.4) is 0 Å². The Balaban J connectivity index is 1.58. The van der Waals surface area contributed by atoms with Gasteiger partial charge < -0.3 is 9.80 Å². The molecule has 1 saturated heterocycles. The third kappa shape index (κ3) is 3.69. The molecule has 1 fully saturated rings. The molecule has 0 N–H and O–H groups in total. The van der Waals surface area contributed by atoms with Gasteiger partial charge >= 0.3 is 0 Å². The van der Waals surface area contributed by atoms with Gasteiger partial charge in [-0.3, -0.25) is 9.78 Å². The van der Waals surface area contributed by atoms with E-state index in [0.717, 1.165) is 48.2 Å². The molecule has 5 nitrogen and oxygen atoms in total. The highest BCUT2D eigenvalue weighted by Crippen LogP contribution is 2.22. The zero-order valence-electron chi connectivity index (χ0n) is 15.8. The summed E-state index contributed by atoms with van der Waals surface area (Å²) in [6, 6.07) is 15.8. The molecule has 2 aromatic carbocycles. The number of carbonyl (C=O) groups excluding carboxylic acids is 1. The van der Waals surface area contributed by atoms with Gasteiger partial charge in [-0.2, -0.15) is 0 Å². The number of carbonyl (C=O) groups is 1. The molecule has 0 bridgehead atoms. The van der Waals surface area contributed by atoms with Gasteiger partial charge in [-0.1, -0.05) is 24.3 Å². The summed E-state index contributed by atoms with van der Waals surface area (Å²) < 4.78 is 0. The van der Waals surface area contributed by atoms with Crippen molar-refractivity contribution in [2.24, 2.45) is 0 Å². The molecule has 1 aliphatic rings. The van der Waals surface area contributed by atoms with Crippen molar-refractivity contribution in [3.63, 3.8) is 0 Å². The third-order valence-electron chi connectivity index (χ3n) is 5.41. The summed E-state index contributed by atoms with van der Waals surface area (Å²) in [5.74, 6) is 0.0696. The average Bonchev–Trinajstić information content (AvgIpc) is 2.73. The van der Waals surface area contributed by atoms with Gasteiger partial charge in [-0.05, 0) is 57.2 Å². The van der Waals surface area contributed by atoms with Crippen molar-refractivity contribution in [2.45, 2.75) is 18.9 Å². The molecule has 0 spiro atoms. The van der Waals surface area contributed by atoms with Crippen LogP contribution in [0.1, 0.15) is 23.2 Å². The second-order valence-corrected chi connectivity index (χ2v) is 7.28. The number of piperidine rings is 1. The van der Waals surface area contributed by atoms with Crippen LogP contribution in [0.25, 0.3) is 22.3 Å². The molecule has 2 heterocycles. The fraction of sp³-hybridized carbons (Fsp3) is 0.318. The second-order valence-electron chi connectivity index (χ2n) is 7.28. The normalized spacial score (nSPS) is 15.8. The molecule has 1 amide bonds. The fourth-order valence-electron chi connectivity index (χ4n) is 3.66. The molecular weight excluding hydrogens is 336 g/mol. The Morgan fingerprint density at radius 1 is 1.07 bits per heavy atom. The van der Waals surface area contributed by atoms with Crippen molar-refractivity contribution in [1.29, 1.82) is 0 Å². The first kappa shape index (κ1) is 17.6. The van der Waals surface area contributed by atoms with E-state index in [1.165, 1.54) is 0 Å². The average molecular weight is 360 g/mol. The lowest BCUT2D eigenvalue weighted by Crippen LogP contribution is -2.44. The predicted octanol–water partition coefficient (Wildman–Crippen LogP) is 3.46. The molecule has 1 aliphatic heterocycles. The minimum atomic E-state index is 0.0696. The number of hydrogen-bond acceptors (Lipinski definition) is 4. The molecule has 0 radical (unpaired) electrons. The van der Waals surface area contributed by atoms with E-state index < -0.39 is 0 Å². The monoisotopic (exact) mass is 360 g/mol. The number of aromatic nitrogens is 2. The third-order valence-corrected chi connectivity index (χ3v) is 5.41. The summed E-state index contributed by atoms with van der Waals surface area (Å²) in [5, 5.41) is 0. The smallest absolute Gasteiger partial charge is 0.253 e. The number of likely N-dealkylation sites (tertiary alicyclic amines) is 1. The summed E-state index contributed by atoms with van der Waals surface area (Å²) in [6.07, 6.45) is 3.82. The van der Waals surface area contributed by atoms with Crippen molar-refractivity contribution in [3.05, 3.63) is 60.3 Å². The van der Waals surface area contributed by atoms with Crippen molar-refractivity contribution in [1.82, 2.24) is 19.8 Å². The van der Waals surface area contributed by atoms with Crippen LogP contribution in [0.2, 0.25) is 0 Å². The largest absolute Gasteiger partial charge is 0.339 e. The molecule has 0 saturated carbocycles. The summed E-state index contributed by atoms with van der Waals surface area (Å²) >= 11 is 0. The highest BCUT2D eigenvalue weighted by atomic mass is 16.2.